The molecule has 2 aliphatic rings. The fourth-order valence-electron chi connectivity index (χ4n) is 2.65. The van der Waals surface area contributed by atoms with Crippen LogP contribution in [0.25, 0.3) is 0 Å². The van der Waals surface area contributed by atoms with Gasteiger partial charge in [-0.05, 0) is 43.2 Å². The Labute approximate surface area is 132 Å². The number of aromatic nitrogens is 1. The van der Waals surface area contributed by atoms with Crippen LogP contribution in [-0.2, 0) is 4.79 Å². The summed E-state index contributed by atoms with van der Waals surface area (Å²) in [6.07, 6.45) is 4.57. The summed E-state index contributed by atoms with van der Waals surface area (Å²) in [4.78, 5) is 28.5. The van der Waals surface area contributed by atoms with Gasteiger partial charge in [-0.25, -0.2) is 4.98 Å². The van der Waals surface area contributed by atoms with Crippen LogP contribution < -0.4 is 15.4 Å². The van der Waals surface area contributed by atoms with Crippen molar-refractivity contribution in [1.29, 1.82) is 0 Å². The van der Waals surface area contributed by atoms with E-state index in [9.17, 15) is 9.59 Å². The van der Waals surface area contributed by atoms with Gasteiger partial charge in [0.15, 0.2) is 0 Å². The minimum atomic E-state index is -0.286. The van der Waals surface area contributed by atoms with Crippen molar-refractivity contribution in [3.05, 3.63) is 42.1 Å². The summed E-state index contributed by atoms with van der Waals surface area (Å²) in [5.74, 6) is 0.586. The zero-order valence-electron chi connectivity index (χ0n) is 12.3. The SMILES string of the molecule is O=C1Nc2cccnc2Oc2ccc(NC(=O)C3CCC3)cc21. The molecule has 0 radical (unpaired) electrons. The van der Waals surface area contributed by atoms with E-state index in [1.807, 2.05) is 0 Å². The first-order chi connectivity index (χ1) is 11.2. The maximum atomic E-state index is 12.4. The zero-order valence-corrected chi connectivity index (χ0v) is 12.3. The van der Waals surface area contributed by atoms with E-state index in [0.717, 1.165) is 19.3 Å². The number of rotatable bonds is 2. The zero-order chi connectivity index (χ0) is 15.8. The number of hydrogen-bond donors (Lipinski definition) is 2. The highest BCUT2D eigenvalue weighted by Crippen LogP contribution is 2.35. The standard InChI is InChI=1S/C17H15N3O3/c21-15(10-3-1-4-10)19-11-6-7-14-12(9-11)16(22)20-13-5-2-8-18-17(13)23-14/h2,5-10H,1,3-4H2,(H,19,21)(H,20,22). The lowest BCUT2D eigenvalue weighted by molar-refractivity contribution is -0.122. The molecule has 0 unspecified atom stereocenters. The normalized spacial score (nSPS) is 16.1. The molecule has 6 heteroatoms. The Morgan fingerprint density at radius 2 is 2.17 bits per heavy atom. The summed E-state index contributed by atoms with van der Waals surface area (Å²) in [6.45, 7) is 0. The number of ether oxygens (including phenoxy) is 1. The first kappa shape index (κ1) is 13.8. The summed E-state index contributed by atoms with van der Waals surface area (Å²) in [7, 11) is 0. The van der Waals surface area contributed by atoms with Crippen LogP contribution in [0.3, 0.4) is 0 Å². The Kier molecular flexibility index (Phi) is 3.22. The minimum absolute atomic E-state index is 0.0103. The lowest BCUT2D eigenvalue weighted by atomic mass is 9.85. The monoisotopic (exact) mass is 309 g/mol. The smallest absolute Gasteiger partial charge is 0.259 e. The molecule has 0 spiro atoms. The van der Waals surface area contributed by atoms with Crippen LogP contribution in [0.2, 0.25) is 0 Å². The second-order valence-corrected chi connectivity index (χ2v) is 5.74. The van der Waals surface area contributed by atoms with Crippen LogP contribution in [0.15, 0.2) is 36.5 Å². The van der Waals surface area contributed by atoms with Gasteiger partial charge in [0.05, 0.1) is 5.56 Å². The second-order valence-electron chi connectivity index (χ2n) is 5.74. The maximum Gasteiger partial charge on any atom is 0.259 e. The number of carbonyl (C=O) groups is 2. The molecule has 1 aliphatic carbocycles. The van der Waals surface area contributed by atoms with Gasteiger partial charge in [0.1, 0.15) is 11.4 Å². The first-order valence-electron chi connectivity index (χ1n) is 7.60. The number of hydrogen-bond acceptors (Lipinski definition) is 4. The fourth-order valence-corrected chi connectivity index (χ4v) is 2.65. The van der Waals surface area contributed by atoms with Gasteiger partial charge < -0.3 is 15.4 Å². The van der Waals surface area contributed by atoms with Crippen molar-refractivity contribution in [2.45, 2.75) is 19.3 Å². The predicted octanol–water partition coefficient (Wildman–Crippen LogP) is 3.18. The quantitative estimate of drug-likeness (QED) is 0.893. The number of pyridine rings is 1. The van der Waals surface area contributed by atoms with E-state index in [1.165, 1.54) is 0 Å². The van der Waals surface area contributed by atoms with Crippen molar-refractivity contribution in [3.8, 4) is 11.6 Å². The molecule has 23 heavy (non-hydrogen) atoms. The molecule has 2 heterocycles. The highest BCUT2D eigenvalue weighted by Gasteiger charge is 2.26. The summed E-state index contributed by atoms with van der Waals surface area (Å²) in [5.41, 5.74) is 1.49. The van der Waals surface area contributed by atoms with Gasteiger partial charge in [-0.2, -0.15) is 0 Å². The molecule has 4 rings (SSSR count). The highest BCUT2D eigenvalue weighted by atomic mass is 16.5. The van der Waals surface area contributed by atoms with Gasteiger partial charge in [-0.15, -0.1) is 0 Å². The number of benzene rings is 1. The van der Waals surface area contributed by atoms with Gasteiger partial charge in [0.2, 0.25) is 11.8 Å². The summed E-state index contributed by atoms with van der Waals surface area (Å²) in [5, 5.41) is 5.63. The Morgan fingerprint density at radius 3 is 2.96 bits per heavy atom. The third-order valence-corrected chi connectivity index (χ3v) is 4.19. The van der Waals surface area contributed by atoms with Crippen molar-refractivity contribution in [1.82, 2.24) is 4.98 Å². The minimum Gasteiger partial charge on any atom is -0.436 e. The van der Waals surface area contributed by atoms with Gasteiger partial charge >= 0.3 is 0 Å². The van der Waals surface area contributed by atoms with E-state index in [2.05, 4.69) is 15.6 Å². The largest absolute Gasteiger partial charge is 0.436 e. The van der Waals surface area contributed by atoms with E-state index in [1.54, 1.807) is 36.5 Å². The lowest BCUT2D eigenvalue weighted by Crippen LogP contribution is -2.28. The van der Waals surface area contributed by atoms with Crippen molar-refractivity contribution >= 4 is 23.2 Å². The average Bonchev–Trinajstić information content (AvgIpc) is 2.61. The Hall–Kier alpha value is -2.89. The number of nitrogens with one attached hydrogen (secondary N) is 2. The third-order valence-electron chi connectivity index (χ3n) is 4.19. The number of carbonyl (C=O) groups excluding carboxylic acids is 2. The maximum absolute atomic E-state index is 12.4. The first-order valence-corrected chi connectivity index (χ1v) is 7.60. The Bertz CT molecular complexity index is 799. The van der Waals surface area contributed by atoms with Crippen LogP contribution in [0.5, 0.6) is 11.6 Å². The van der Waals surface area contributed by atoms with Crippen LogP contribution >= 0.6 is 0 Å². The molecule has 0 atom stereocenters. The molecule has 1 aromatic heterocycles. The molecule has 6 nitrogen and oxygen atoms in total. The molecule has 2 aromatic rings. The number of nitrogens with zero attached hydrogens (tertiary/aromatic N) is 1. The molecule has 1 aliphatic heterocycles. The van der Waals surface area contributed by atoms with Crippen LogP contribution in [0, 0.1) is 5.92 Å². The van der Waals surface area contributed by atoms with Crippen LogP contribution in [0.4, 0.5) is 11.4 Å². The van der Waals surface area contributed by atoms with E-state index in [0.29, 0.717) is 28.6 Å². The van der Waals surface area contributed by atoms with E-state index in [-0.39, 0.29) is 17.7 Å². The Morgan fingerprint density at radius 1 is 1.30 bits per heavy atom. The fraction of sp³-hybridized carbons (Fsp3) is 0.235. The molecule has 0 saturated heterocycles. The Balaban J connectivity index is 1.63. The topological polar surface area (TPSA) is 80.3 Å². The van der Waals surface area contributed by atoms with Crippen molar-refractivity contribution < 1.29 is 14.3 Å². The third kappa shape index (κ3) is 2.52. The van der Waals surface area contributed by atoms with E-state index in [4.69, 9.17) is 4.74 Å². The van der Waals surface area contributed by atoms with Crippen LogP contribution in [0.1, 0.15) is 29.6 Å². The average molecular weight is 309 g/mol. The summed E-state index contributed by atoms with van der Waals surface area (Å²) in [6, 6.07) is 8.49. The summed E-state index contributed by atoms with van der Waals surface area (Å²) < 4.78 is 5.71. The van der Waals surface area contributed by atoms with Crippen molar-refractivity contribution in [2.75, 3.05) is 10.6 Å². The number of fused-ring (bicyclic) bond motifs is 2. The molecule has 2 amide bonds. The predicted molar refractivity (Wildman–Crippen MR) is 84.7 cm³/mol. The molecule has 0 bridgehead atoms. The van der Waals surface area contributed by atoms with Crippen molar-refractivity contribution in [3.63, 3.8) is 0 Å². The van der Waals surface area contributed by atoms with Crippen LogP contribution in [-0.4, -0.2) is 16.8 Å². The second kappa shape index (κ2) is 5.39. The highest BCUT2D eigenvalue weighted by molar-refractivity contribution is 6.08. The lowest BCUT2D eigenvalue weighted by Gasteiger charge is -2.24. The number of amides is 2. The van der Waals surface area contributed by atoms with Gasteiger partial charge in [-0.1, -0.05) is 6.42 Å². The molecule has 1 saturated carbocycles. The van der Waals surface area contributed by atoms with Crippen molar-refractivity contribution in [2.24, 2.45) is 5.92 Å². The van der Waals surface area contributed by atoms with Gasteiger partial charge in [0, 0.05) is 17.8 Å². The van der Waals surface area contributed by atoms with E-state index < -0.39 is 0 Å². The molecular formula is C17H15N3O3. The molecule has 2 N–H and O–H groups in total. The van der Waals surface area contributed by atoms with E-state index >= 15 is 0 Å². The number of anilines is 2. The molecule has 116 valence electrons. The van der Waals surface area contributed by atoms with Gasteiger partial charge in [-0.3, -0.25) is 9.59 Å². The molecular weight excluding hydrogens is 294 g/mol. The molecule has 1 aromatic carbocycles. The molecule has 1 fully saturated rings. The van der Waals surface area contributed by atoms with Gasteiger partial charge in [0.25, 0.3) is 5.91 Å². The summed E-state index contributed by atoms with van der Waals surface area (Å²) >= 11 is 0.